The van der Waals surface area contributed by atoms with Gasteiger partial charge >= 0.3 is 0 Å². The maximum absolute atomic E-state index is 13.9. The Kier molecular flexibility index (Phi) is 10.7. The number of carbonyl (C=O) groups excluding carboxylic acids is 4. The minimum absolute atomic E-state index is 0.0885. The van der Waals surface area contributed by atoms with E-state index in [9.17, 15) is 24.3 Å². The highest BCUT2D eigenvalue weighted by atomic mass is 16.3. The zero-order valence-electron chi connectivity index (χ0n) is 24.9. The molecule has 0 unspecified atom stereocenters. The molecule has 10 heteroatoms. The Balaban J connectivity index is 1.32. The molecule has 1 aromatic heterocycles. The van der Waals surface area contributed by atoms with Gasteiger partial charge in [0.2, 0.25) is 11.8 Å². The Labute approximate surface area is 257 Å². The van der Waals surface area contributed by atoms with Gasteiger partial charge in [-0.3, -0.25) is 19.2 Å². The number of piperidine rings is 1. The predicted octanol–water partition coefficient (Wildman–Crippen LogP) is 3.58. The number of aliphatic hydroxyl groups is 1. The van der Waals surface area contributed by atoms with E-state index in [0.29, 0.717) is 25.0 Å². The number of furan rings is 1. The highest BCUT2D eigenvalue weighted by Gasteiger charge is 2.36. The van der Waals surface area contributed by atoms with E-state index in [4.69, 9.17) is 4.42 Å². The van der Waals surface area contributed by atoms with E-state index in [-0.39, 0.29) is 30.6 Å². The van der Waals surface area contributed by atoms with Crippen LogP contribution in [0.3, 0.4) is 0 Å². The molecule has 2 aromatic carbocycles. The van der Waals surface area contributed by atoms with Crippen molar-refractivity contribution in [1.82, 2.24) is 21.3 Å². The lowest BCUT2D eigenvalue weighted by atomic mass is 9.84. The summed E-state index contributed by atoms with van der Waals surface area (Å²) < 4.78 is 5.75. The van der Waals surface area contributed by atoms with Gasteiger partial charge in [-0.2, -0.15) is 0 Å². The molecule has 10 nitrogen and oxygen atoms in total. The first kappa shape index (κ1) is 31.3. The van der Waals surface area contributed by atoms with Crippen molar-refractivity contribution in [2.24, 2.45) is 11.8 Å². The summed E-state index contributed by atoms with van der Waals surface area (Å²) in [5.41, 5.74) is 1.43. The maximum atomic E-state index is 13.9. The normalized spacial score (nSPS) is 19.4. The van der Waals surface area contributed by atoms with Gasteiger partial charge in [-0.25, -0.2) is 0 Å². The number of aliphatic hydroxyl groups excluding tert-OH is 1. The molecule has 234 valence electrons. The SMILES string of the molecule is O=C(N[C@@H](CC1CCCCC1)C(=O)N[C@@H](C[C@@H]1CCCNC1=O)[C@@H](O)C(=O)NCc1ccccc1)c1cc2ccccc2o1. The highest BCUT2D eigenvalue weighted by molar-refractivity contribution is 5.98. The lowest BCUT2D eigenvalue weighted by molar-refractivity contribution is -0.135. The molecular formula is C34H42N4O6. The maximum Gasteiger partial charge on any atom is 0.287 e. The van der Waals surface area contributed by atoms with Crippen LogP contribution in [-0.2, 0) is 20.9 Å². The van der Waals surface area contributed by atoms with Crippen molar-refractivity contribution in [3.8, 4) is 0 Å². The molecule has 4 amide bonds. The van der Waals surface area contributed by atoms with Gasteiger partial charge in [-0.1, -0.05) is 80.6 Å². The van der Waals surface area contributed by atoms with Crippen LogP contribution in [0.15, 0.2) is 65.1 Å². The molecule has 1 saturated carbocycles. The number of para-hydroxylation sites is 1. The average Bonchev–Trinajstić information content (AvgIpc) is 3.49. The monoisotopic (exact) mass is 602 g/mol. The Bertz CT molecular complexity index is 1400. The average molecular weight is 603 g/mol. The number of rotatable bonds is 12. The van der Waals surface area contributed by atoms with Crippen LogP contribution in [0.1, 0.15) is 73.9 Å². The van der Waals surface area contributed by atoms with Crippen molar-refractivity contribution in [3.63, 3.8) is 0 Å². The van der Waals surface area contributed by atoms with E-state index in [2.05, 4.69) is 21.3 Å². The fourth-order valence-corrected chi connectivity index (χ4v) is 6.30. The van der Waals surface area contributed by atoms with Crippen LogP contribution in [0.25, 0.3) is 11.0 Å². The molecule has 1 aliphatic heterocycles. The minimum atomic E-state index is -1.60. The van der Waals surface area contributed by atoms with Crippen LogP contribution in [0.5, 0.6) is 0 Å². The van der Waals surface area contributed by atoms with Crippen LogP contribution in [0.4, 0.5) is 0 Å². The van der Waals surface area contributed by atoms with Gasteiger partial charge in [0.25, 0.3) is 11.8 Å². The van der Waals surface area contributed by atoms with Crippen molar-refractivity contribution in [1.29, 1.82) is 0 Å². The van der Waals surface area contributed by atoms with E-state index in [1.54, 1.807) is 12.1 Å². The summed E-state index contributed by atoms with van der Waals surface area (Å²) in [4.78, 5) is 52.9. The predicted molar refractivity (Wildman–Crippen MR) is 165 cm³/mol. The van der Waals surface area contributed by atoms with Crippen molar-refractivity contribution in [2.45, 2.75) is 82.5 Å². The van der Waals surface area contributed by atoms with Crippen molar-refractivity contribution >= 4 is 34.6 Å². The third kappa shape index (κ3) is 8.25. The van der Waals surface area contributed by atoms with E-state index >= 15 is 0 Å². The van der Waals surface area contributed by atoms with Crippen LogP contribution in [0, 0.1) is 11.8 Å². The molecule has 0 radical (unpaired) electrons. The molecule has 2 aliphatic rings. The van der Waals surface area contributed by atoms with E-state index in [1.165, 1.54) is 0 Å². The molecule has 0 spiro atoms. The number of carbonyl (C=O) groups is 4. The molecule has 2 heterocycles. The highest BCUT2D eigenvalue weighted by Crippen LogP contribution is 2.28. The molecule has 0 bridgehead atoms. The fourth-order valence-electron chi connectivity index (χ4n) is 6.30. The summed E-state index contributed by atoms with van der Waals surface area (Å²) in [6, 6.07) is 16.3. The van der Waals surface area contributed by atoms with E-state index in [0.717, 1.165) is 49.5 Å². The van der Waals surface area contributed by atoms with Gasteiger partial charge in [0.15, 0.2) is 11.9 Å². The first-order valence-electron chi connectivity index (χ1n) is 15.7. The fraction of sp³-hybridized carbons (Fsp3) is 0.471. The molecule has 3 aromatic rings. The lowest BCUT2D eigenvalue weighted by Crippen LogP contribution is -2.57. The van der Waals surface area contributed by atoms with Gasteiger partial charge in [0.1, 0.15) is 11.6 Å². The summed E-state index contributed by atoms with van der Waals surface area (Å²) in [5, 5.41) is 23.3. The third-order valence-corrected chi connectivity index (χ3v) is 8.79. The standard InChI is InChI=1S/C34H42N4O6/c39-30(34(43)36-21-23-12-5-2-6-13-23)26(19-25-15-9-17-35-31(25)40)37-32(41)27(18-22-10-3-1-4-11-22)38-33(42)29-20-24-14-7-8-16-28(24)44-29/h2,5-8,12-14,16,20,22,25-27,30,39H,1,3-4,9-11,15,17-19,21H2,(H,35,40)(H,36,43)(H,37,41)(H,38,42)/t25-,26-,27-,30+/m0/s1. The van der Waals surface area contributed by atoms with Gasteiger partial charge < -0.3 is 30.8 Å². The van der Waals surface area contributed by atoms with Crippen LogP contribution in [-0.4, -0.2) is 53.5 Å². The molecule has 5 rings (SSSR count). The summed E-state index contributed by atoms with van der Waals surface area (Å²) in [7, 11) is 0. The molecule has 44 heavy (non-hydrogen) atoms. The number of nitrogens with one attached hydrogen (secondary N) is 4. The number of amides is 4. The van der Waals surface area contributed by atoms with Crippen LogP contribution in [0.2, 0.25) is 0 Å². The second-order valence-corrected chi connectivity index (χ2v) is 12.0. The molecule has 1 aliphatic carbocycles. The van der Waals surface area contributed by atoms with Crippen LogP contribution >= 0.6 is 0 Å². The lowest BCUT2D eigenvalue weighted by Gasteiger charge is -2.31. The van der Waals surface area contributed by atoms with E-state index < -0.39 is 41.8 Å². The smallest absolute Gasteiger partial charge is 0.287 e. The molecular weight excluding hydrogens is 560 g/mol. The second-order valence-electron chi connectivity index (χ2n) is 12.0. The Morgan fingerprint density at radius 3 is 2.39 bits per heavy atom. The third-order valence-electron chi connectivity index (χ3n) is 8.79. The second kappa shape index (κ2) is 15.0. The molecule has 5 N–H and O–H groups in total. The van der Waals surface area contributed by atoms with Crippen molar-refractivity contribution in [3.05, 3.63) is 72.0 Å². The minimum Gasteiger partial charge on any atom is -0.451 e. The topological polar surface area (TPSA) is 150 Å². The molecule has 1 saturated heterocycles. The van der Waals surface area contributed by atoms with Crippen molar-refractivity contribution in [2.75, 3.05) is 6.54 Å². The Hall–Kier alpha value is -4.18. The molecule has 2 fully saturated rings. The first-order chi connectivity index (χ1) is 21.4. The summed E-state index contributed by atoms with van der Waals surface area (Å²) >= 11 is 0. The zero-order chi connectivity index (χ0) is 30.9. The van der Waals surface area contributed by atoms with Crippen LogP contribution < -0.4 is 21.3 Å². The first-order valence-corrected chi connectivity index (χ1v) is 15.7. The van der Waals surface area contributed by atoms with Gasteiger partial charge in [-0.15, -0.1) is 0 Å². The van der Waals surface area contributed by atoms with Gasteiger partial charge in [0, 0.05) is 24.4 Å². The molecule has 4 atom stereocenters. The number of hydrogen-bond donors (Lipinski definition) is 5. The Morgan fingerprint density at radius 2 is 1.64 bits per heavy atom. The quantitative estimate of drug-likeness (QED) is 0.214. The van der Waals surface area contributed by atoms with Crippen molar-refractivity contribution < 1.29 is 28.7 Å². The summed E-state index contributed by atoms with van der Waals surface area (Å²) in [6.45, 7) is 0.781. The Morgan fingerprint density at radius 1 is 0.886 bits per heavy atom. The zero-order valence-corrected chi connectivity index (χ0v) is 24.9. The number of hydrogen-bond acceptors (Lipinski definition) is 6. The number of benzene rings is 2. The largest absolute Gasteiger partial charge is 0.451 e. The summed E-state index contributed by atoms with van der Waals surface area (Å²) in [6.07, 6.45) is 5.47. The van der Waals surface area contributed by atoms with Gasteiger partial charge in [-0.05, 0) is 49.3 Å². The van der Waals surface area contributed by atoms with E-state index in [1.807, 2.05) is 48.5 Å². The van der Waals surface area contributed by atoms with Gasteiger partial charge in [0.05, 0.1) is 6.04 Å². The number of fused-ring (bicyclic) bond motifs is 1. The summed E-state index contributed by atoms with van der Waals surface area (Å²) in [5.74, 6) is -1.94.